The number of nitrogens with zero attached hydrogens (tertiary/aromatic N) is 3. The second-order valence-electron chi connectivity index (χ2n) is 3.58. The Morgan fingerprint density at radius 3 is 2.53 bits per heavy atom. The molecule has 0 atom stereocenters. The van der Waals surface area contributed by atoms with Gasteiger partial charge in [-0.3, -0.25) is 4.98 Å². The van der Waals surface area contributed by atoms with Gasteiger partial charge in [0.2, 0.25) is 0 Å². The predicted molar refractivity (Wildman–Crippen MR) is 64.4 cm³/mol. The zero-order valence-electron chi connectivity index (χ0n) is 9.57. The Bertz CT molecular complexity index is 300. The van der Waals surface area contributed by atoms with E-state index in [4.69, 9.17) is 11.6 Å². The number of anilines is 1. The first-order chi connectivity index (χ1) is 7.22. The Labute approximate surface area is 96.5 Å². The minimum atomic E-state index is 0.414. The van der Waals surface area contributed by atoms with Crippen LogP contribution in [0.3, 0.4) is 0 Å². The molecular weight excluding hydrogens is 210 g/mol. The molecule has 0 aliphatic carbocycles. The van der Waals surface area contributed by atoms with Gasteiger partial charge >= 0.3 is 0 Å². The third-order valence-corrected chi connectivity index (χ3v) is 2.93. The van der Waals surface area contributed by atoms with Gasteiger partial charge in [0.25, 0.3) is 0 Å². The lowest BCUT2D eigenvalue weighted by atomic mass is 10.1. The highest BCUT2D eigenvalue weighted by atomic mass is 35.5. The van der Waals surface area contributed by atoms with Crippen molar-refractivity contribution in [2.75, 3.05) is 11.9 Å². The van der Waals surface area contributed by atoms with Crippen LogP contribution < -0.4 is 4.90 Å². The molecule has 1 rings (SSSR count). The van der Waals surface area contributed by atoms with Crippen LogP contribution in [-0.2, 0) is 5.88 Å². The van der Waals surface area contributed by atoms with E-state index in [9.17, 15) is 0 Å². The van der Waals surface area contributed by atoms with Crippen LogP contribution in [0.4, 0.5) is 5.82 Å². The van der Waals surface area contributed by atoms with E-state index in [0.717, 1.165) is 24.4 Å². The topological polar surface area (TPSA) is 29.0 Å². The van der Waals surface area contributed by atoms with E-state index in [-0.39, 0.29) is 0 Å². The van der Waals surface area contributed by atoms with E-state index in [0.29, 0.717) is 11.9 Å². The molecule has 0 aliphatic rings. The van der Waals surface area contributed by atoms with Crippen molar-refractivity contribution in [2.45, 2.75) is 38.6 Å². The molecule has 1 aromatic heterocycles. The molecule has 0 fully saturated rings. The largest absolute Gasteiger partial charge is 0.355 e. The number of aromatic nitrogens is 2. The molecule has 0 amide bonds. The normalized spacial score (nSPS) is 10.7. The van der Waals surface area contributed by atoms with Crippen molar-refractivity contribution in [3.05, 3.63) is 18.1 Å². The summed E-state index contributed by atoms with van der Waals surface area (Å²) < 4.78 is 0. The van der Waals surface area contributed by atoms with Crippen molar-refractivity contribution in [3.63, 3.8) is 0 Å². The fraction of sp³-hybridized carbons (Fsp3) is 0.636. The Kier molecular flexibility index (Phi) is 4.82. The molecule has 15 heavy (non-hydrogen) atoms. The van der Waals surface area contributed by atoms with Gasteiger partial charge in [0.1, 0.15) is 5.82 Å². The monoisotopic (exact) mass is 227 g/mol. The van der Waals surface area contributed by atoms with Crippen molar-refractivity contribution < 1.29 is 0 Å². The number of rotatable bonds is 5. The standard InChI is InChI=1S/C11H18ClN3/c1-4-10(5-2)15(3)11-8-13-7-9(6-12)14-11/h7-8,10H,4-6H2,1-3H3. The first-order valence-corrected chi connectivity index (χ1v) is 5.86. The molecule has 0 radical (unpaired) electrons. The summed E-state index contributed by atoms with van der Waals surface area (Å²) in [6.45, 7) is 4.37. The van der Waals surface area contributed by atoms with E-state index in [1.165, 1.54) is 0 Å². The molecule has 0 bridgehead atoms. The fourth-order valence-electron chi connectivity index (χ4n) is 1.65. The summed E-state index contributed by atoms with van der Waals surface area (Å²) in [6.07, 6.45) is 5.71. The average Bonchev–Trinajstić information content (AvgIpc) is 2.30. The first-order valence-electron chi connectivity index (χ1n) is 5.32. The van der Waals surface area contributed by atoms with E-state index in [1.54, 1.807) is 12.4 Å². The van der Waals surface area contributed by atoms with Crippen LogP contribution in [-0.4, -0.2) is 23.1 Å². The number of alkyl halides is 1. The smallest absolute Gasteiger partial charge is 0.147 e. The lowest BCUT2D eigenvalue weighted by Crippen LogP contribution is -2.31. The highest BCUT2D eigenvalue weighted by molar-refractivity contribution is 6.16. The van der Waals surface area contributed by atoms with E-state index in [2.05, 4.69) is 35.8 Å². The molecule has 0 saturated carbocycles. The maximum absolute atomic E-state index is 5.73. The van der Waals surface area contributed by atoms with Gasteiger partial charge in [0.15, 0.2) is 0 Å². The number of hydrogen-bond acceptors (Lipinski definition) is 3. The average molecular weight is 228 g/mol. The molecule has 0 aliphatic heterocycles. The van der Waals surface area contributed by atoms with Gasteiger partial charge < -0.3 is 4.90 Å². The lowest BCUT2D eigenvalue weighted by Gasteiger charge is -2.27. The van der Waals surface area contributed by atoms with Gasteiger partial charge in [-0.25, -0.2) is 4.98 Å². The molecule has 0 aromatic carbocycles. The van der Waals surface area contributed by atoms with Crippen LogP contribution in [0.2, 0.25) is 0 Å². The van der Waals surface area contributed by atoms with Crippen LogP contribution in [0.25, 0.3) is 0 Å². The third kappa shape index (κ3) is 3.06. The molecule has 0 N–H and O–H groups in total. The molecule has 0 unspecified atom stereocenters. The second kappa shape index (κ2) is 5.91. The maximum Gasteiger partial charge on any atom is 0.147 e. The quantitative estimate of drug-likeness (QED) is 0.725. The third-order valence-electron chi connectivity index (χ3n) is 2.66. The predicted octanol–water partition coefficient (Wildman–Crippen LogP) is 2.84. The van der Waals surface area contributed by atoms with E-state index in [1.807, 2.05) is 0 Å². The van der Waals surface area contributed by atoms with E-state index >= 15 is 0 Å². The van der Waals surface area contributed by atoms with Gasteiger partial charge in [-0.2, -0.15) is 0 Å². The summed E-state index contributed by atoms with van der Waals surface area (Å²) in [4.78, 5) is 10.7. The van der Waals surface area contributed by atoms with Gasteiger partial charge in [-0.15, -0.1) is 11.6 Å². The summed E-state index contributed by atoms with van der Waals surface area (Å²) in [6, 6.07) is 0.518. The van der Waals surface area contributed by atoms with Crippen molar-refractivity contribution in [1.82, 2.24) is 9.97 Å². The van der Waals surface area contributed by atoms with Crippen molar-refractivity contribution in [1.29, 1.82) is 0 Å². The highest BCUT2D eigenvalue weighted by Gasteiger charge is 2.12. The molecule has 84 valence electrons. The Morgan fingerprint density at radius 1 is 1.33 bits per heavy atom. The zero-order chi connectivity index (χ0) is 11.3. The van der Waals surface area contributed by atoms with Gasteiger partial charge in [-0.05, 0) is 12.8 Å². The SMILES string of the molecule is CCC(CC)N(C)c1cncc(CCl)n1. The van der Waals surface area contributed by atoms with Gasteiger partial charge in [0, 0.05) is 19.3 Å². The summed E-state index contributed by atoms with van der Waals surface area (Å²) >= 11 is 5.73. The van der Waals surface area contributed by atoms with Crippen molar-refractivity contribution in [3.8, 4) is 0 Å². The van der Waals surface area contributed by atoms with Crippen LogP contribution in [0.1, 0.15) is 32.4 Å². The Morgan fingerprint density at radius 2 is 2.00 bits per heavy atom. The number of halogens is 1. The molecule has 3 nitrogen and oxygen atoms in total. The number of hydrogen-bond donors (Lipinski definition) is 0. The Balaban J connectivity index is 2.84. The second-order valence-corrected chi connectivity index (χ2v) is 3.85. The summed E-state index contributed by atoms with van der Waals surface area (Å²) in [5.74, 6) is 1.32. The summed E-state index contributed by atoms with van der Waals surface area (Å²) in [5.41, 5.74) is 0.826. The van der Waals surface area contributed by atoms with Crippen LogP contribution in [0.5, 0.6) is 0 Å². The minimum Gasteiger partial charge on any atom is -0.355 e. The molecule has 1 heterocycles. The zero-order valence-corrected chi connectivity index (χ0v) is 10.3. The van der Waals surface area contributed by atoms with Gasteiger partial charge in [0.05, 0.1) is 17.8 Å². The van der Waals surface area contributed by atoms with Crippen LogP contribution in [0, 0.1) is 0 Å². The molecule has 4 heteroatoms. The van der Waals surface area contributed by atoms with Gasteiger partial charge in [-0.1, -0.05) is 13.8 Å². The van der Waals surface area contributed by atoms with Crippen LogP contribution >= 0.6 is 11.6 Å². The van der Waals surface area contributed by atoms with Crippen molar-refractivity contribution in [2.24, 2.45) is 0 Å². The van der Waals surface area contributed by atoms with Crippen molar-refractivity contribution >= 4 is 17.4 Å². The fourth-order valence-corrected chi connectivity index (χ4v) is 1.78. The summed E-state index contributed by atoms with van der Waals surface area (Å²) in [5, 5.41) is 0. The minimum absolute atomic E-state index is 0.414. The van der Waals surface area contributed by atoms with Crippen LogP contribution in [0.15, 0.2) is 12.4 Å². The molecule has 0 saturated heterocycles. The molecule has 0 spiro atoms. The summed E-state index contributed by atoms with van der Waals surface area (Å²) in [7, 11) is 2.06. The van der Waals surface area contributed by atoms with E-state index < -0.39 is 0 Å². The maximum atomic E-state index is 5.73. The lowest BCUT2D eigenvalue weighted by molar-refractivity contribution is 0.585. The highest BCUT2D eigenvalue weighted by Crippen LogP contribution is 2.15. The first kappa shape index (κ1) is 12.2. The molecular formula is C11H18ClN3. The Hall–Kier alpha value is -0.830. The molecule has 1 aromatic rings.